The SMILES string of the molecule is C=CCC(=O)Nc1cc(Nc2nccc(-c3cn(C)c4ccccc34)n2)c(OC)cc1N1CCN(C)CC1. The number of hydrogen-bond donors (Lipinski definition) is 2. The fraction of sp³-hybridized carbons (Fsp3) is 0.276. The highest BCUT2D eigenvalue weighted by Gasteiger charge is 2.21. The Hall–Kier alpha value is -4.37. The molecule has 1 saturated heterocycles. The maximum Gasteiger partial charge on any atom is 0.228 e. The predicted octanol–water partition coefficient (Wildman–Crippen LogP) is 4.65. The lowest BCUT2D eigenvalue weighted by atomic mass is 10.1. The molecule has 9 nitrogen and oxygen atoms in total. The number of fused-ring (bicyclic) bond motifs is 1. The second-order valence-electron chi connectivity index (χ2n) is 9.46. The molecular weight excluding hydrogens is 478 g/mol. The standard InChI is InChI=1S/C29H33N7O2/c1-5-8-28(37)31-23-17-24(27(38-4)18-26(23)36-15-13-34(2)14-16-36)33-29-30-12-11-22(32-29)21-19-35(3)25-10-7-6-9-20(21)25/h5-7,9-12,17-19H,1,8,13-16H2,2-4H3,(H,31,37)(H,30,32,33). The minimum Gasteiger partial charge on any atom is -0.494 e. The number of nitrogens with zero attached hydrogens (tertiary/aromatic N) is 5. The normalized spacial score (nSPS) is 13.9. The number of hydrogen-bond acceptors (Lipinski definition) is 7. The Kier molecular flexibility index (Phi) is 7.28. The number of benzene rings is 2. The van der Waals surface area contributed by atoms with Crippen LogP contribution in [-0.2, 0) is 11.8 Å². The van der Waals surface area contributed by atoms with E-state index >= 15 is 0 Å². The molecule has 196 valence electrons. The average Bonchev–Trinajstić information content (AvgIpc) is 3.26. The van der Waals surface area contributed by atoms with Gasteiger partial charge in [0, 0.05) is 74.6 Å². The summed E-state index contributed by atoms with van der Waals surface area (Å²) >= 11 is 0. The Morgan fingerprint density at radius 2 is 1.89 bits per heavy atom. The highest BCUT2D eigenvalue weighted by Crippen LogP contribution is 2.39. The van der Waals surface area contributed by atoms with Crippen molar-refractivity contribution in [1.29, 1.82) is 0 Å². The monoisotopic (exact) mass is 511 g/mol. The Balaban J connectivity index is 1.50. The third-order valence-electron chi connectivity index (χ3n) is 6.84. The fourth-order valence-corrected chi connectivity index (χ4v) is 4.81. The summed E-state index contributed by atoms with van der Waals surface area (Å²) in [6.07, 6.45) is 5.65. The number of aromatic nitrogens is 3. The van der Waals surface area contributed by atoms with E-state index in [1.54, 1.807) is 19.4 Å². The highest BCUT2D eigenvalue weighted by molar-refractivity contribution is 5.97. The van der Waals surface area contributed by atoms with E-state index in [0.29, 0.717) is 23.1 Å². The summed E-state index contributed by atoms with van der Waals surface area (Å²) in [7, 11) is 5.78. The van der Waals surface area contributed by atoms with E-state index in [1.165, 1.54) is 0 Å². The van der Waals surface area contributed by atoms with Crippen molar-refractivity contribution >= 4 is 39.8 Å². The van der Waals surface area contributed by atoms with Crippen LogP contribution in [0.15, 0.2) is 67.5 Å². The van der Waals surface area contributed by atoms with E-state index in [4.69, 9.17) is 9.72 Å². The van der Waals surface area contributed by atoms with Gasteiger partial charge in [-0.2, -0.15) is 0 Å². The molecule has 38 heavy (non-hydrogen) atoms. The van der Waals surface area contributed by atoms with Crippen LogP contribution in [0.3, 0.4) is 0 Å². The first-order chi connectivity index (χ1) is 18.5. The van der Waals surface area contributed by atoms with Crippen molar-refractivity contribution in [2.45, 2.75) is 6.42 Å². The summed E-state index contributed by atoms with van der Waals surface area (Å²) in [5, 5.41) is 7.50. The van der Waals surface area contributed by atoms with Gasteiger partial charge in [-0.1, -0.05) is 24.3 Å². The van der Waals surface area contributed by atoms with Gasteiger partial charge in [0.05, 0.1) is 29.9 Å². The molecule has 2 aromatic heterocycles. The summed E-state index contributed by atoms with van der Waals surface area (Å²) in [5.41, 5.74) is 5.26. The van der Waals surface area contributed by atoms with Crippen molar-refractivity contribution in [1.82, 2.24) is 19.4 Å². The number of nitrogens with one attached hydrogen (secondary N) is 2. The summed E-state index contributed by atoms with van der Waals surface area (Å²) < 4.78 is 7.86. The predicted molar refractivity (Wildman–Crippen MR) is 153 cm³/mol. The molecule has 0 spiro atoms. The molecule has 3 heterocycles. The van der Waals surface area contributed by atoms with Gasteiger partial charge in [0.1, 0.15) is 5.75 Å². The molecule has 9 heteroatoms. The molecule has 0 bridgehead atoms. The first-order valence-electron chi connectivity index (χ1n) is 12.7. The van der Waals surface area contributed by atoms with Crippen LogP contribution in [0.5, 0.6) is 5.75 Å². The molecule has 2 N–H and O–H groups in total. The van der Waals surface area contributed by atoms with Crippen LogP contribution in [0.2, 0.25) is 0 Å². The lowest BCUT2D eigenvalue weighted by Crippen LogP contribution is -2.44. The van der Waals surface area contributed by atoms with E-state index in [-0.39, 0.29) is 12.3 Å². The zero-order chi connectivity index (χ0) is 26.6. The lowest BCUT2D eigenvalue weighted by molar-refractivity contribution is -0.115. The first-order valence-corrected chi connectivity index (χ1v) is 12.7. The quantitative estimate of drug-likeness (QED) is 0.333. The topological polar surface area (TPSA) is 87.5 Å². The van der Waals surface area contributed by atoms with Gasteiger partial charge in [-0.3, -0.25) is 4.79 Å². The van der Waals surface area contributed by atoms with Crippen LogP contribution in [0.25, 0.3) is 22.2 Å². The number of para-hydroxylation sites is 1. The lowest BCUT2D eigenvalue weighted by Gasteiger charge is -2.35. The van der Waals surface area contributed by atoms with Gasteiger partial charge in [0.15, 0.2) is 0 Å². The molecule has 1 amide bonds. The zero-order valence-corrected chi connectivity index (χ0v) is 22.1. The van der Waals surface area contributed by atoms with Crippen molar-refractivity contribution in [3.05, 3.63) is 67.5 Å². The summed E-state index contributed by atoms with van der Waals surface area (Å²) in [6.45, 7) is 7.28. The molecule has 2 aromatic carbocycles. The van der Waals surface area contributed by atoms with Gasteiger partial charge in [-0.25, -0.2) is 9.97 Å². The molecule has 1 fully saturated rings. The van der Waals surface area contributed by atoms with Crippen LogP contribution in [0, 0.1) is 0 Å². The van der Waals surface area contributed by atoms with Gasteiger partial charge in [0.2, 0.25) is 11.9 Å². The summed E-state index contributed by atoms with van der Waals surface area (Å²) in [4.78, 5) is 26.4. The second-order valence-corrected chi connectivity index (χ2v) is 9.46. The van der Waals surface area contributed by atoms with Crippen LogP contribution in [0.1, 0.15) is 6.42 Å². The molecule has 0 radical (unpaired) electrons. The van der Waals surface area contributed by atoms with E-state index < -0.39 is 0 Å². The number of methoxy groups -OCH3 is 1. The van der Waals surface area contributed by atoms with Crippen molar-refractivity contribution in [2.75, 3.05) is 55.9 Å². The fourth-order valence-electron chi connectivity index (χ4n) is 4.81. The van der Waals surface area contributed by atoms with E-state index in [0.717, 1.165) is 54.0 Å². The van der Waals surface area contributed by atoms with Crippen molar-refractivity contribution in [3.8, 4) is 17.0 Å². The largest absolute Gasteiger partial charge is 0.494 e. The van der Waals surface area contributed by atoms with Gasteiger partial charge < -0.3 is 29.7 Å². The smallest absolute Gasteiger partial charge is 0.228 e. The molecule has 1 aliphatic rings. The van der Waals surface area contributed by atoms with E-state index in [2.05, 4.69) is 61.9 Å². The third-order valence-corrected chi connectivity index (χ3v) is 6.84. The molecule has 4 aromatic rings. The number of amides is 1. The van der Waals surface area contributed by atoms with E-state index in [1.807, 2.05) is 37.4 Å². The maximum atomic E-state index is 12.5. The van der Waals surface area contributed by atoms with E-state index in [9.17, 15) is 4.79 Å². The number of carbonyl (C=O) groups excluding carboxylic acids is 1. The Labute approximate surface area is 222 Å². The highest BCUT2D eigenvalue weighted by atomic mass is 16.5. The number of piperazine rings is 1. The Morgan fingerprint density at radius 3 is 2.66 bits per heavy atom. The van der Waals surface area contributed by atoms with Crippen molar-refractivity contribution < 1.29 is 9.53 Å². The van der Waals surface area contributed by atoms with Crippen LogP contribution in [-0.4, -0.2) is 65.7 Å². The number of rotatable bonds is 8. The van der Waals surface area contributed by atoms with Gasteiger partial charge in [-0.15, -0.1) is 6.58 Å². The molecule has 0 saturated carbocycles. The minimum absolute atomic E-state index is 0.124. The maximum absolute atomic E-state index is 12.5. The number of carbonyl (C=O) groups is 1. The van der Waals surface area contributed by atoms with Crippen molar-refractivity contribution in [2.24, 2.45) is 7.05 Å². The molecule has 5 rings (SSSR count). The molecular formula is C29H33N7O2. The molecule has 1 aliphatic heterocycles. The van der Waals surface area contributed by atoms with Crippen molar-refractivity contribution in [3.63, 3.8) is 0 Å². The minimum atomic E-state index is -0.124. The Bertz CT molecular complexity index is 1470. The van der Waals surface area contributed by atoms with Gasteiger partial charge in [-0.05, 0) is 25.2 Å². The van der Waals surface area contributed by atoms with Gasteiger partial charge in [0.25, 0.3) is 0 Å². The number of ether oxygens (including phenoxy) is 1. The molecule has 0 atom stereocenters. The first kappa shape index (κ1) is 25.3. The number of anilines is 4. The number of aryl methyl sites for hydroxylation is 1. The molecule has 0 aliphatic carbocycles. The summed E-state index contributed by atoms with van der Waals surface area (Å²) in [5.74, 6) is 0.949. The third kappa shape index (κ3) is 5.19. The average molecular weight is 512 g/mol. The molecule has 0 unspecified atom stereocenters. The zero-order valence-electron chi connectivity index (χ0n) is 22.1. The van der Waals surface area contributed by atoms with Crippen LogP contribution < -0.4 is 20.3 Å². The van der Waals surface area contributed by atoms with Gasteiger partial charge >= 0.3 is 0 Å². The Morgan fingerprint density at radius 1 is 1.11 bits per heavy atom. The second kappa shape index (κ2) is 10.9. The number of likely N-dealkylation sites (N-methyl/N-ethyl adjacent to an activating group) is 1. The van der Waals surface area contributed by atoms with Crippen LogP contribution in [0.4, 0.5) is 23.0 Å². The van der Waals surface area contributed by atoms with Crippen LogP contribution >= 0.6 is 0 Å². The summed E-state index contributed by atoms with van der Waals surface area (Å²) in [6, 6.07) is 14.0.